The van der Waals surface area contributed by atoms with Gasteiger partial charge in [-0.25, -0.2) is 0 Å². The van der Waals surface area contributed by atoms with E-state index in [1.165, 1.54) is 0 Å². The number of amides is 1. The van der Waals surface area contributed by atoms with Crippen molar-refractivity contribution in [3.63, 3.8) is 0 Å². The second kappa shape index (κ2) is 6.18. The molecule has 0 bridgehead atoms. The average molecular weight is 233 g/mol. The lowest BCUT2D eigenvalue weighted by atomic mass is 10.0. The van der Waals surface area contributed by atoms with E-state index in [4.69, 9.17) is 0 Å². The number of hydrogen-bond acceptors (Lipinski definition) is 2. The maximum absolute atomic E-state index is 12.1. The summed E-state index contributed by atoms with van der Waals surface area (Å²) < 4.78 is 0. The van der Waals surface area contributed by atoms with Crippen molar-refractivity contribution in [2.24, 2.45) is 0 Å². The van der Waals surface area contributed by atoms with Crippen molar-refractivity contribution in [3.05, 3.63) is 34.9 Å². The van der Waals surface area contributed by atoms with E-state index >= 15 is 0 Å². The number of hydrogen-bond donors (Lipinski definition) is 0. The van der Waals surface area contributed by atoms with E-state index < -0.39 is 0 Å². The highest BCUT2D eigenvalue weighted by Gasteiger charge is 2.15. The number of carbonyl (C=O) groups is 2. The SMILES string of the molecule is CCCCN(C)C(=O)c1cc(C)ccc1C=O. The summed E-state index contributed by atoms with van der Waals surface area (Å²) in [6, 6.07) is 5.31. The molecule has 0 saturated heterocycles. The largest absolute Gasteiger partial charge is 0.342 e. The quantitative estimate of drug-likeness (QED) is 0.733. The van der Waals surface area contributed by atoms with E-state index in [1.54, 1.807) is 24.1 Å². The molecule has 0 saturated carbocycles. The van der Waals surface area contributed by atoms with Gasteiger partial charge in [-0.1, -0.05) is 31.0 Å². The molecule has 1 rings (SSSR count). The van der Waals surface area contributed by atoms with Gasteiger partial charge in [0.15, 0.2) is 6.29 Å². The monoisotopic (exact) mass is 233 g/mol. The number of rotatable bonds is 5. The van der Waals surface area contributed by atoms with Crippen molar-refractivity contribution < 1.29 is 9.59 Å². The number of nitrogens with zero attached hydrogens (tertiary/aromatic N) is 1. The van der Waals surface area contributed by atoms with E-state index in [0.717, 1.165) is 31.2 Å². The Morgan fingerprint density at radius 1 is 1.41 bits per heavy atom. The summed E-state index contributed by atoms with van der Waals surface area (Å²) in [7, 11) is 1.77. The Morgan fingerprint density at radius 3 is 2.71 bits per heavy atom. The van der Waals surface area contributed by atoms with Gasteiger partial charge in [-0.2, -0.15) is 0 Å². The van der Waals surface area contributed by atoms with Gasteiger partial charge in [0, 0.05) is 19.2 Å². The lowest BCUT2D eigenvalue weighted by Gasteiger charge is -2.18. The number of carbonyl (C=O) groups excluding carboxylic acids is 2. The fourth-order valence-corrected chi connectivity index (χ4v) is 1.66. The van der Waals surface area contributed by atoms with Crippen molar-refractivity contribution in [3.8, 4) is 0 Å². The molecule has 0 N–H and O–H groups in total. The molecular formula is C14H19NO2. The van der Waals surface area contributed by atoms with Gasteiger partial charge in [0.1, 0.15) is 0 Å². The fraction of sp³-hybridized carbons (Fsp3) is 0.429. The Kier molecular flexibility index (Phi) is 4.88. The minimum atomic E-state index is -0.0794. The Bertz CT molecular complexity index is 413. The maximum Gasteiger partial charge on any atom is 0.254 e. The minimum absolute atomic E-state index is 0.0794. The number of unbranched alkanes of at least 4 members (excludes halogenated alkanes) is 1. The lowest BCUT2D eigenvalue weighted by Crippen LogP contribution is -2.28. The standard InChI is InChI=1S/C14H19NO2/c1-4-5-8-15(3)14(17)13-9-11(2)6-7-12(13)10-16/h6-7,9-10H,4-5,8H2,1-3H3. The number of aryl methyl sites for hydroxylation is 1. The van der Waals surface area contributed by atoms with Gasteiger partial charge in [0.25, 0.3) is 5.91 Å². The van der Waals surface area contributed by atoms with Crippen LogP contribution in [-0.4, -0.2) is 30.7 Å². The smallest absolute Gasteiger partial charge is 0.254 e. The maximum atomic E-state index is 12.1. The highest BCUT2D eigenvalue weighted by Crippen LogP contribution is 2.12. The Hall–Kier alpha value is -1.64. The summed E-state index contributed by atoms with van der Waals surface area (Å²) in [5, 5.41) is 0. The topological polar surface area (TPSA) is 37.4 Å². The van der Waals surface area contributed by atoms with E-state index in [2.05, 4.69) is 6.92 Å². The van der Waals surface area contributed by atoms with E-state index in [0.29, 0.717) is 11.1 Å². The van der Waals surface area contributed by atoms with Gasteiger partial charge < -0.3 is 4.90 Å². The van der Waals surface area contributed by atoms with Gasteiger partial charge >= 0.3 is 0 Å². The van der Waals surface area contributed by atoms with Gasteiger partial charge in [0.2, 0.25) is 0 Å². The summed E-state index contributed by atoms with van der Waals surface area (Å²) in [5.41, 5.74) is 1.95. The molecule has 0 aromatic heterocycles. The predicted molar refractivity (Wildman–Crippen MR) is 68.4 cm³/mol. The van der Waals surface area contributed by atoms with Crippen LogP contribution in [0.5, 0.6) is 0 Å². The molecule has 0 fully saturated rings. The molecule has 92 valence electrons. The van der Waals surface area contributed by atoms with Crippen LogP contribution in [0.25, 0.3) is 0 Å². The normalized spacial score (nSPS) is 10.1. The molecule has 3 heteroatoms. The third kappa shape index (κ3) is 3.41. The minimum Gasteiger partial charge on any atom is -0.342 e. The first kappa shape index (κ1) is 13.4. The van der Waals surface area contributed by atoms with Gasteiger partial charge in [0.05, 0.1) is 5.56 Å². The number of benzene rings is 1. The first-order valence-electron chi connectivity index (χ1n) is 5.91. The molecular weight excluding hydrogens is 214 g/mol. The summed E-state index contributed by atoms with van der Waals surface area (Å²) in [5.74, 6) is -0.0794. The Labute approximate surface area is 102 Å². The van der Waals surface area contributed by atoms with Crippen LogP contribution in [0.3, 0.4) is 0 Å². The highest BCUT2D eigenvalue weighted by atomic mass is 16.2. The molecule has 0 aliphatic rings. The highest BCUT2D eigenvalue weighted by molar-refractivity contribution is 6.01. The molecule has 3 nitrogen and oxygen atoms in total. The zero-order valence-electron chi connectivity index (χ0n) is 10.7. The fourth-order valence-electron chi connectivity index (χ4n) is 1.66. The van der Waals surface area contributed by atoms with Crippen LogP contribution in [0.15, 0.2) is 18.2 Å². The van der Waals surface area contributed by atoms with Gasteiger partial charge in [-0.15, -0.1) is 0 Å². The second-order valence-corrected chi connectivity index (χ2v) is 4.29. The van der Waals surface area contributed by atoms with Crippen LogP contribution in [0.2, 0.25) is 0 Å². The molecule has 0 spiro atoms. The average Bonchev–Trinajstić information content (AvgIpc) is 2.34. The third-order valence-electron chi connectivity index (χ3n) is 2.76. The first-order chi connectivity index (χ1) is 8.10. The lowest BCUT2D eigenvalue weighted by molar-refractivity contribution is 0.0790. The molecule has 0 heterocycles. The van der Waals surface area contributed by atoms with Crippen LogP contribution in [-0.2, 0) is 0 Å². The Morgan fingerprint density at radius 2 is 2.12 bits per heavy atom. The van der Waals surface area contributed by atoms with Crippen molar-refractivity contribution in [2.75, 3.05) is 13.6 Å². The number of aldehydes is 1. The second-order valence-electron chi connectivity index (χ2n) is 4.29. The van der Waals surface area contributed by atoms with Crippen LogP contribution < -0.4 is 0 Å². The van der Waals surface area contributed by atoms with E-state index in [-0.39, 0.29) is 5.91 Å². The van der Waals surface area contributed by atoms with Crippen LogP contribution in [0.1, 0.15) is 46.0 Å². The molecule has 1 amide bonds. The first-order valence-corrected chi connectivity index (χ1v) is 5.91. The van der Waals surface area contributed by atoms with Crippen molar-refractivity contribution in [1.82, 2.24) is 4.90 Å². The molecule has 0 radical (unpaired) electrons. The molecule has 17 heavy (non-hydrogen) atoms. The van der Waals surface area contributed by atoms with Crippen molar-refractivity contribution >= 4 is 12.2 Å². The summed E-state index contributed by atoms with van der Waals surface area (Å²) >= 11 is 0. The molecule has 1 aromatic rings. The predicted octanol–water partition coefficient (Wildman–Crippen LogP) is 2.68. The molecule has 0 atom stereocenters. The van der Waals surface area contributed by atoms with E-state index in [9.17, 15) is 9.59 Å². The summed E-state index contributed by atoms with van der Waals surface area (Å²) in [6.45, 7) is 4.72. The van der Waals surface area contributed by atoms with Crippen molar-refractivity contribution in [1.29, 1.82) is 0 Å². The van der Waals surface area contributed by atoms with Gasteiger partial charge in [-0.05, 0) is 19.4 Å². The zero-order valence-corrected chi connectivity index (χ0v) is 10.7. The molecule has 0 unspecified atom stereocenters. The van der Waals surface area contributed by atoms with Gasteiger partial charge in [-0.3, -0.25) is 9.59 Å². The Balaban J connectivity index is 2.94. The van der Waals surface area contributed by atoms with Crippen molar-refractivity contribution in [2.45, 2.75) is 26.7 Å². The zero-order chi connectivity index (χ0) is 12.8. The molecule has 0 aliphatic carbocycles. The molecule has 0 aliphatic heterocycles. The molecule has 1 aromatic carbocycles. The third-order valence-corrected chi connectivity index (χ3v) is 2.76. The van der Waals surface area contributed by atoms with Crippen LogP contribution in [0, 0.1) is 6.92 Å². The van der Waals surface area contributed by atoms with E-state index in [1.807, 2.05) is 13.0 Å². The van der Waals surface area contributed by atoms with Crippen LogP contribution in [0.4, 0.5) is 0 Å². The summed E-state index contributed by atoms with van der Waals surface area (Å²) in [6.07, 6.45) is 2.76. The summed E-state index contributed by atoms with van der Waals surface area (Å²) in [4.78, 5) is 24.7. The van der Waals surface area contributed by atoms with Crippen LogP contribution >= 0.6 is 0 Å².